The van der Waals surface area contributed by atoms with Crippen molar-refractivity contribution in [3.8, 4) is 0 Å². The molecule has 1 unspecified atom stereocenters. The minimum Gasteiger partial charge on any atom is -0.378 e. The first-order valence-electron chi connectivity index (χ1n) is 6.45. The zero-order chi connectivity index (χ0) is 12.8. The van der Waals surface area contributed by atoms with Crippen LogP contribution < -0.4 is 5.32 Å². The number of benzene rings is 1. The van der Waals surface area contributed by atoms with Crippen molar-refractivity contribution >= 4 is 0 Å². The average molecular weight is 255 g/mol. The fourth-order valence-electron chi connectivity index (χ4n) is 2.15. The summed E-state index contributed by atoms with van der Waals surface area (Å²) in [6.07, 6.45) is 1.37. The highest BCUT2D eigenvalue weighted by atomic mass is 19.3. The number of hydrogen-bond donors (Lipinski definition) is 1. The molecule has 0 spiro atoms. The molecule has 1 aliphatic heterocycles. The predicted molar refractivity (Wildman–Crippen MR) is 66.7 cm³/mol. The zero-order valence-electron chi connectivity index (χ0n) is 10.4. The predicted octanol–water partition coefficient (Wildman–Crippen LogP) is 3.28. The largest absolute Gasteiger partial charge is 0.378 e. The van der Waals surface area contributed by atoms with Crippen molar-refractivity contribution in [3.05, 3.63) is 35.4 Å². The first-order chi connectivity index (χ1) is 8.75. The Morgan fingerprint density at radius 3 is 2.67 bits per heavy atom. The van der Waals surface area contributed by atoms with Gasteiger partial charge < -0.3 is 10.1 Å². The summed E-state index contributed by atoms with van der Waals surface area (Å²) in [5.74, 6) is 0. The van der Waals surface area contributed by atoms with Crippen molar-refractivity contribution in [2.75, 3.05) is 13.2 Å². The summed E-state index contributed by atoms with van der Waals surface area (Å²) in [7, 11) is 0. The molecule has 100 valence electrons. The highest BCUT2D eigenvalue weighted by molar-refractivity contribution is 5.23. The quantitative estimate of drug-likeness (QED) is 0.788. The highest BCUT2D eigenvalue weighted by Gasteiger charge is 2.14. The van der Waals surface area contributed by atoms with Crippen LogP contribution in [0.25, 0.3) is 0 Å². The Bertz CT molecular complexity index is 347. The van der Waals surface area contributed by atoms with Crippen LogP contribution in [-0.4, -0.2) is 19.3 Å². The molecule has 0 aromatic heterocycles. The molecule has 1 N–H and O–H groups in total. The molecule has 1 aromatic rings. The van der Waals surface area contributed by atoms with Gasteiger partial charge >= 0.3 is 0 Å². The Morgan fingerprint density at radius 2 is 2.06 bits per heavy atom. The van der Waals surface area contributed by atoms with Gasteiger partial charge in [0.2, 0.25) is 0 Å². The summed E-state index contributed by atoms with van der Waals surface area (Å²) in [6, 6.07) is 6.48. The Hall–Kier alpha value is -1.00. The van der Waals surface area contributed by atoms with Gasteiger partial charge in [0, 0.05) is 18.7 Å². The fraction of sp³-hybridized carbons (Fsp3) is 0.571. The van der Waals surface area contributed by atoms with Crippen LogP contribution in [0.15, 0.2) is 24.3 Å². The molecular weight excluding hydrogens is 236 g/mol. The second-order valence-corrected chi connectivity index (χ2v) is 4.64. The summed E-state index contributed by atoms with van der Waals surface area (Å²) in [5.41, 5.74) is 1.12. The molecule has 0 radical (unpaired) electrons. The van der Waals surface area contributed by atoms with E-state index in [4.69, 9.17) is 4.74 Å². The highest BCUT2D eigenvalue weighted by Crippen LogP contribution is 2.18. The maximum atomic E-state index is 12.3. The lowest BCUT2D eigenvalue weighted by atomic mass is 10.1. The van der Waals surface area contributed by atoms with Gasteiger partial charge in [0.15, 0.2) is 0 Å². The molecule has 0 saturated carbocycles. The number of alkyl halides is 2. The van der Waals surface area contributed by atoms with Crippen LogP contribution in [0.5, 0.6) is 0 Å². The third-order valence-electron chi connectivity index (χ3n) is 3.23. The van der Waals surface area contributed by atoms with Crippen LogP contribution in [0.1, 0.15) is 36.8 Å². The van der Waals surface area contributed by atoms with Gasteiger partial charge in [0.1, 0.15) is 0 Å². The molecule has 0 aliphatic carbocycles. The van der Waals surface area contributed by atoms with Gasteiger partial charge in [0.25, 0.3) is 6.43 Å². The number of ether oxygens (including phenoxy) is 1. The number of nitrogens with one attached hydrogen (secondary N) is 1. The van der Waals surface area contributed by atoms with E-state index in [0.717, 1.165) is 38.1 Å². The zero-order valence-corrected chi connectivity index (χ0v) is 10.4. The van der Waals surface area contributed by atoms with Crippen molar-refractivity contribution in [1.82, 2.24) is 5.32 Å². The van der Waals surface area contributed by atoms with Crippen LogP contribution >= 0.6 is 0 Å². The summed E-state index contributed by atoms with van der Waals surface area (Å²) in [5, 5.41) is 3.31. The summed E-state index contributed by atoms with van der Waals surface area (Å²) >= 11 is 0. The molecule has 0 bridgehead atoms. The van der Waals surface area contributed by atoms with Gasteiger partial charge in [-0.15, -0.1) is 0 Å². The smallest absolute Gasteiger partial charge is 0.263 e. The third kappa shape index (κ3) is 4.03. The van der Waals surface area contributed by atoms with Gasteiger partial charge in [-0.3, -0.25) is 0 Å². The van der Waals surface area contributed by atoms with E-state index in [2.05, 4.69) is 5.32 Å². The molecule has 1 aromatic carbocycles. The molecule has 18 heavy (non-hydrogen) atoms. The lowest BCUT2D eigenvalue weighted by Gasteiger charge is -2.10. The van der Waals surface area contributed by atoms with Gasteiger partial charge in [0.05, 0.1) is 6.10 Å². The van der Waals surface area contributed by atoms with Gasteiger partial charge in [-0.05, 0) is 31.4 Å². The number of halogens is 2. The van der Waals surface area contributed by atoms with Crippen LogP contribution in [-0.2, 0) is 11.3 Å². The Morgan fingerprint density at radius 1 is 1.28 bits per heavy atom. The lowest BCUT2D eigenvalue weighted by Crippen LogP contribution is -2.19. The maximum Gasteiger partial charge on any atom is 0.263 e. The second kappa shape index (κ2) is 6.81. The molecule has 1 aliphatic rings. The van der Waals surface area contributed by atoms with Crippen molar-refractivity contribution in [3.63, 3.8) is 0 Å². The summed E-state index contributed by atoms with van der Waals surface area (Å²) < 4.78 is 30.2. The van der Waals surface area contributed by atoms with Crippen LogP contribution in [0.3, 0.4) is 0 Å². The Kier molecular flexibility index (Phi) is 5.08. The van der Waals surface area contributed by atoms with Crippen molar-refractivity contribution in [2.45, 2.75) is 38.3 Å². The normalized spacial score (nSPS) is 19.6. The first-order valence-corrected chi connectivity index (χ1v) is 6.45. The van der Waals surface area contributed by atoms with E-state index in [0.29, 0.717) is 6.10 Å². The van der Waals surface area contributed by atoms with Gasteiger partial charge in [-0.25, -0.2) is 8.78 Å². The Labute approximate surface area is 106 Å². The SMILES string of the molecule is FC(F)c1ccc(CNCCC2CCCO2)cc1. The first kappa shape index (κ1) is 13.4. The van der Waals surface area contributed by atoms with E-state index in [1.807, 2.05) is 0 Å². The summed E-state index contributed by atoms with van der Waals surface area (Å²) in [6.45, 7) is 2.51. The van der Waals surface area contributed by atoms with E-state index >= 15 is 0 Å². The number of rotatable bonds is 6. The fourth-order valence-corrected chi connectivity index (χ4v) is 2.15. The topological polar surface area (TPSA) is 21.3 Å². The van der Waals surface area contributed by atoms with E-state index in [9.17, 15) is 8.78 Å². The van der Waals surface area contributed by atoms with Crippen LogP contribution in [0.2, 0.25) is 0 Å². The third-order valence-corrected chi connectivity index (χ3v) is 3.23. The van der Waals surface area contributed by atoms with Crippen molar-refractivity contribution < 1.29 is 13.5 Å². The molecular formula is C14H19F2NO. The molecule has 0 amide bonds. The monoisotopic (exact) mass is 255 g/mol. The molecule has 4 heteroatoms. The van der Waals surface area contributed by atoms with Crippen molar-refractivity contribution in [1.29, 1.82) is 0 Å². The van der Waals surface area contributed by atoms with Gasteiger partial charge in [-0.2, -0.15) is 0 Å². The minimum atomic E-state index is -2.38. The molecule has 1 heterocycles. The molecule has 1 saturated heterocycles. The minimum absolute atomic E-state index is 0.0816. The average Bonchev–Trinajstić information content (AvgIpc) is 2.88. The van der Waals surface area contributed by atoms with E-state index in [1.54, 1.807) is 12.1 Å². The van der Waals surface area contributed by atoms with Crippen LogP contribution in [0, 0.1) is 0 Å². The molecule has 1 atom stereocenters. The standard InChI is InChI=1S/C14H19F2NO/c15-14(16)12-5-3-11(4-6-12)10-17-8-7-13-2-1-9-18-13/h3-6,13-14,17H,1-2,7-10H2. The molecule has 2 nitrogen and oxygen atoms in total. The summed E-state index contributed by atoms with van der Waals surface area (Å²) in [4.78, 5) is 0. The van der Waals surface area contributed by atoms with Gasteiger partial charge in [-0.1, -0.05) is 24.3 Å². The Balaban J connectivity index is 1.66. The van der Waals surface area contributed by atoms with E-state index in [-0.39, 0.29) is 5.56 Å². The van der Waals surface area contributed by atoms with E-state index < -0.39 is 6.43 Å². The second-order valence-electron chi connectivity index (χ2n) is 4.64. The van der Waals surface area contributed by atoms with Crippen LogP contribution in [0.4, 0.5) is 8.78 Å². The molecule has 2 rings (SSSR count). The molecule has 1 fully saturated rings. The lowest BCUT2D eigenvalue weighted by molar-refractivity contribution is 0.104. The van der Waals surface area contributed by atoms with Crippen molar-refractivity contribution in [2.24, 2.45) is 0 Å². The maximum absolute atomic E-state index is 12.3. The van der Waals surface area contributed by atoms with E-state index in [1.165, 1.54) is 18.6 Å². The number of hydrogen-bond acceptors (Lipinski definition) is 2.